The Bertz CT molecular complexity index is 648. The number of halogens is 1. The molecule has 1 atom stereocenters. The summed E-state index contributed by atoms with van der Waals surface area (Å²) >= 11 is 3.36. The normalized spacial score (nSPS) is 22.2. The molecule has 5 nitrogen and oxygen atoms in total. The molecule has 1 saturated heterocycles. The van der Waals surface area contributed by atoms with Crippen molar-refractivity contribution in [2.75, 3.05) is 0 Å². The SMILES string of the molecule is CC(C)(C)OC(=O)N1C(=O)CCC(C)(c2ccc(Br)cc2)C1=O. The minimum absolute atomic E-state index is 0.123. The summed E-state index contributed by atoms with van der Waals surface area (Å²) in [6, 6.07) is 7.32. The maximum atomic E-state index is 12.9. The van der Waals surface area contributed by atoms with Crippen LogP contribution in [0.25, 0.3) is 0 Å². The van der Waals surface area contributed by atoms with E-state index in [-0.39, 0.29) is 6.42 Å². The van der Waals surface area contributed by atoms with Gasteiger partial charge in [0.1, 0.15) is 5.60 Å². The molecule has 0 N–H and O–H groups in total. The second kappa shape index (κ2) is 6.07. The number of amides is 3. The molecule has 1 aliphatic heterocycles. The second-order valence-electron chi connectivity index (χ2n) is 6.85. The number of carbonyl (C=O) groups is 3. The van der Waals surface area contributed by atoms with E-state index in [2.05, 4.69) is 15.9 Å². The molecule has 6 heteroatoms. The van der Waals surface area contributed by atoms with E-state index in [1.807, 2.05) is 24.3 Å². The van der Waals surface area contributed by atoms with Crippen LogP contribution in [0.1, 0.15) is 46.1 Å². The Kier molecular flexibility index (Phi) is 4.66. The number of carbonyl (C=O) groups excluding carboxylic acids is 3. The summed E-state index contributed by atoms with van der Waals surface area (Å²) in [5, 5.41) is 0. The molecule has 23 heavy (non-hydrogen) atoms. The van der Waals surface area contributed by atoms with Crippen molar-refractivity contribution in [1.29, 1.82) is 0 Å². The first-order valence-corrected chi connectivity index (χ1v) is 8.20. The predicted molar refractivity (Wildman–Crippen MR) is 88.8 cm³/mol. The summed E-state index contributed by atoms with van der Waals surface area (Å²) in [5.74, 6) is -1.05. The topological polar surface area (TPSA) is 63.7 Å². The van der Waals surface area contributed by atoms with Crippen molar-refractivity contribution in [2.45, 2.75) is 51.6 Å². The molecule has 1 unspecified atom stereocenters. The molecule has 1 heterocycles. The Morgan fingerprint density at radius 2 is 1.78 bits per heavy atom. The highest BCUT2D eigenvalue weighted by atomic mass is 79.9. The van der Waals surface area contributed by atoms with E-state index >= 15 is 0 Å². The first-order chi connectivity index (χ1) is 10.5. The average Bonchev–Trinajstić information content (AvgIpc) is 2.42. The zero-order valence-electron chi connectivity index (χ0n) is 13.7. The minimum Gasteiger partial charge on any atom is -0.443 e. The molecule has 2 rings (SSSR count). The Morgan fingerprint density at radius 1 is 1.22 bits per heavy atom. The van der Waals surface area contributed by atoms with Crippen LogP contribution in [0.3, 0.4) is 0 Å². The van der Waals surface area contributed by atoms with Crippen LogP contribution >= 0.6 is 15.9 Å². The van der Waals surface area contributed by atoms with Crippen molar-refractivity contribution in [1.82, 2.24) is 4.90 Å². The van der Waals surface area contributed by atoms with Gasteiger partial charge in [0.15, 0.2) is 0 Å². The number of hydrogen-bond donors (Lipinski definition) is 0. The predicted octanol–water partition coefficient (Wildman–Crippen LogP) is 3.79. The maximum absolute atomic E-state index is 12.9. The van der Waals surface area contributed by atoms with E-state index < -0.39 is 28.9 Å². The number of benzene rings is 1. The highest BCUT2D eigenvalue weighted by Crippen LogP contribution is 2.36. The molecule has 1 aromatic carbocycles. The van der Waals surface area contributed by atoms with E-state index in [1.54, 1.807) is 27.7 Å². The van der Waals surface area contributed by atoms with Crippen LogP contribution in [0.5, 0.6) is 0 Å². The Balaban J connectivity index is 2.35. The number of nitrogens with zero attached hydrogens (tertiary/aromatic N) is 1. The molecule has 1 aliphatic rings. The highest BCUT2D eigenvalue weighted by molar-refractivity contribution is 9.10. The maximum Gasteiger partial charge on any atom is 0.424 e. The largest absolute Gasteiger partial charge is 0.443 e. The quantitative estimate of drug-likeness (QED) is 0.694. The Labute approximate surface area is 144 Å². The molecule has 0 radical (unpaired) electrons. The van der Waals surface area contributed by atoms with Gasteiger partial charge in [0.2, 0.25) is 11.8 Å². The van der Waals surface area contributed by atoms with Crippen molar-refractivity contribution in [2.24, 2.45) is 0 Å². The van der Waals surface area contributed by atoms with E-state index in [1.165, 1.54) is 0 Å². The van der Waals surface area contributed by atoms with Crippen molar-refractivity contribution in [3.8, 4) is 0 Å². The standard InChI is InChI=1S/C17H20BrNO4/c1-16(2,3)23-15(22)19-13(20)9-10-17(4,14(19)21)11-5-7-12(18)8-6-11/h5-8H,9-10H2,1-4H3. The third-order valence-corrected chi connectivity index (χ3v) is 4.35. The van der Waals surface area contributed by atoms with Crippen molar-refractivity contribution in [3.63, 3.8) is 0 Å². The lowest BCUT2D eigenvalue weighted by atomic mass is 9.75. The highest BCUT2D eigenvalue weighted by Gasteiger charge is 2.48. The van der Waals surface area contributed by atoms with E-state index in [0.29, 0.717) is 11.3 Å². The van der Waals surface area contributed by atoms with Crippen LogP contribution in [0.2, 0.25) is 0 Å². The molecule has 3 amide bonds. The Hall–Kier alpha value is -1.69. The molecule has 0 aliphatic carbocycles. The number of piperidine rings is 1. The smallest absolute Gasteiger partial charge is 0.424 e. The van der Waals surface area contributed by atoms with Crippen LogP contribution in [0.15, 0.2) is 28.7 Å². The summed E-state index contributed by atoms with van der Waals surface area (Å²) in [7, 11) is 0. The minimum atomic E-state index is -0.925. The zero-order chi connectivity index (χ0) is 17.4. The molecule has 0 aromatic heterocycles. The third-order valence-electron chi connectivity index (χ3n) is 3.82. The van der Waals surface area contributed by atoms with Gasteiger partial charge in [0, 0.05) is 10.9 Å². The van der Waals surface area contributed by atoms with Gasteiger partial charge in [0.25, 0.3) is 0 Å². The number of rotatable bonds is 1. The molecular formula is C17H20BrNO4. The van der Waals surface area contributed by atoms with Crippen LogP contribution in [-0.4, -0.2) is 28.4 Å². The molecule has 0 bridgehead atoms. The third kappa shape index (κ3) is 3.63. The Morgan fingerprint density at radius 3 is 2.30 bits per heavy atom. The fourth-order valence-electron chi connectivity index (χ4n) is 2.51. The van der Waals surface area contributed by atoms with E-state index in [4.69, 9.17) is 4.74 Å². The fraction of sp³-hybridized carbons (Fsp3) is 0.471. The summed E-state index contributed by atoms with van der Waals surface area (Å²) in [6.45, 7) is 6.83. The first-order valence-electron chi connectivity index (χ1n) is 7.41. The van der Waals surface area contributed by atoms with Gasteiger partial charge in [0.05, 0.1) is 5.41 Å². The average molecular weight is 382 g/mol. The summed E-state index contributed by atoms with van der Waals surface area (Å²) in [6.07, 6.45) is -0.418. The monoisotopic (exact) mass is 381 g/mol. The van der Waals surface area contributed by atoms with Gasteiger partial charge >= 0.3 is 6.09 Å². The summed E-state index contributed by atoms with van der Waals surface area (Å²) in [4.78, 5) is 37.9. The van der Waals surface area contributed by atoms with E-state index in [0.717, 1.165) is 10.0 Å². The van der Waals surface area contributed by atoms with Gasteiger partial charge in [-0.2, -0.15) is 4.90 Å². The number of hydrogen-bond acceptors (Lipinski definition) is 4. The van der Waals surface area contributed by atoms with Crippen molar-refractivity contribution in [3.05, 3.63) is 34.3 Å². The summed E-state index contributed by atoms with van der Waals surface area (Å²) in [5.41, 5.74) is -0.930. The van der Waals surface area contributed by atoms with Gasteiger partial charge in [-0.3, -0.25) is 9.59 Å². The van der Waals surface area contributed by atoms with Crippen LogP contribution in [-0.2, 0) is 19.7 Å². The molecule has 1 fully saturated rings. The lowest BCUT2D eigenvalue weighted by molar-refractivity contribution is -0.151. The molecule has 0 saturated carbocycles. The van der Waals surface area contributed by atoms with Gasteiger partial charge in [-0.15, -0.1) is 0 Å². The van der Waals surface area contributed by atoms with Crippen LogP contribution < -0.4 is 0 Å². The molecule has 1 aromatic rings. The van der Waals surface area contributed by atoms with Crippen molar-refractivity contribution < 1.29 is 19.1 Å². The van der Waals surface area contributed by atoms with Crippen molar-refractivity contribution >= 4 is 33.8 Å². The van der Waals surface area contributed by atoms with Gasteiger partial charge in [-0.25, -0.2) is 4.79 Å². The van der Waals surface area contributed by atoms with Crippen LogP contribution in [0.4, 0.5) is 4.79 Å². The van der Waals surface area contributed by atoms with Gasteiger partial charge in [-0.05, 0) is 51.8 Å². The second-order valence-corrected chi connectivity index (χ2v) is 7.77. The zero-order valence-corrected chi connectivity index (χ0v) is 15.3. The molecular weight excluding hydrogens is 362 g/mol. The molecule has 124 valence electrons. The van der Waals surface area contributed by atoms with Gasteiger partial charge < -0.3 is 4.74 Å². The fourth-order valence-corrected chi connectivity index (χ4v) is 2.78. The number of imide groups is 3. The molecule has 0 spiro atoms. The lowest BCUT2D eigenvalue weighted by Gasteiger charge is -2.37. The lowest BCUT2D eigenvalue weighted by Crippen LogP contribution is -2.55. The number of likely N-dealkylation sites (tertiary alicyclic amines) is 1. The van der Waals surface area contributed by atoms with Gasteiger partial charge in [-0.1, -0.05) is 28.1 Å². The van der Waals surface area contributed by atoms with E-state index in [9.17, 15) is 14.4 Å². The number of ether oxygens (including phenoxy) is 1. The first kappa shape index (κ1) is 17.7. The van der Waals surface area contributed by atoms with Crippen LogP contribution in [0, 0.1) is 0 Å². The summed E-state index contributed by atoms with van der Waals surface area (Å²) < 4.78 is 6.10.